The van der Waals surface area contributed by atoms with Crippen LogP contribution in [0.5, 0.6) is 0 Å². The molecule has 0 saturated carbocycles. The minimum absolute atomic E-state index is 0.0644. The Kier molecular flexibility index (Phi) is 4.75. The van der Waals surface area contributed by atoms with Gasteiger partial charge >= 0.3 is 0 Å². The summed E-state index contributed by atoms with van der Waals surface area (Å²) in [6.45, 7) is 1.41. The second kappa shape index (κ2) is 6.75. The molecule has 0 aromatic carbocycles. The molecule has 4 nitrogen and oxygen atoms in total. The maximum Gasteiger partial charge on any atom is 0.255 e. The molecule has 114 valence electrons. The average molecular weight is 310 g/mol. The number of hydrogen-bond acceptors (Lipinski definition) is 4. The smallest absolute Gasteiger partial charge is 0.255 e. The van der Waals surface area contributed by atoms with Gasteiger partial charge in [0, 0.05) is 31.1 Å². The summed E-state index contributed by atoms with van der Waals surface area (Å²) < 4.78 is 18.6. The normalized spacial score (nSPS) is 25.2. The van der Waals surface area contributed by atoms with Gasteiger partial charge in [-0.05, 0) is 37.1 Å². The van der Waals surface area contributed by atoms with Crippen LogP contribution in [0, 0.1) is 5.95 Å². The summed E-state index contributed by atoms with van der Waals surface area (Å²) in [6, 6.07) is 2.99. The molecule has 0 aliphatic carbocycles. The van der Waals surface area contributed by atoms with E-state index in [-0.39, 0.29) is 18.1 Å². The van der Waals surface area contributed by atoms with Crippen molar-refractivity contribution >= 4 is 17.7 Å². The molecule has 3 heterocycles. The van der Waals surface area contributed by atoms with Crippen LogP contribution in [-0.4, -0.2) is 52.6 Å². The van der Waals surface area contributed by atoms with E-state index in [1.54, 1.807) is 0 Å². The molecule has 0 bridgehead atoms. The van der Waals surface area contributed by atoms with Gasteiger partial charge in [0.1, 0.15) is 0 Å². The van der Waals surface area contributed by atoms with Gasteiger partial charge in [-0.2, -0.15) is 16.2 Å². The topological polar surface area (TPSA) is 42.4 Å². The van der Waals surface area contributed by atoms with Crippen LogP contribution in [0.2, 0.25) is 0 Å². The Morgan fingerprint density at radius 3 is 3.00 bits per heavy atom. The van der Waals surface area contributed by atoms with E-state index >= 15 is 0 Å². The van der Waals surface area contributed by atoms with E-state index in [2.05, 4.69) is 4.98 Å². The van der Waals surface area contributed by atoms with E-state index in [1.165, 1.54) is 18.3 Å². The average Bonchev–Trinajstić information content (AvgIpc) is 3.18. The Hall–Kier alpha value is -1.14. The highest BCUT2D eigenvalue weighted by atomic mass is 32.2. The van der Waals surface area contributed by atoms with Gasteiger partial charge in [0.15, 0.2) is 0 Å². The molecule has 1 aromatic heterocycles. The van der Waals surface area contributed by atoms with Crippen LogP contribution in [-0.2, 0) is 4.74 Å². The summed E-state index contributed by atoms with van der Waals surface area (Å²) in [5.74, 6) is 1.42. The van der Waals surface area contributed by atoms with Crippen LogP contribution in [0.4, 0.5) is 4.39 Å². The van der Waals surface area contributed by atoms with Crippen LogP contribution in [0.15, 0.2) is 18.3 Å². The summed E-state index contributed by atoms with van der Waals surface area (Å²) in [4.78, 5) is 18.2. The molecule has 21 heavy (non-hydrogen) atoms. The first kappa shape index (κ1) is 14.8. The van der Waals surface area contributed by atoms with Gasteiger partial charge in [-0.25, -0.2) is 4.98 Å². The summed E-state index contributed by atoms with van der Waals surface area (Å²) in [5.41, 5.74) is 0.450. The lowest BCUT2D eigenvalue weighted by Crippen LogP contribution is -2.44. The minimum Gasteiger partial charge on any atom is -0.376 e. The van der Waals surface area contributed by atoms with Crippen LogP contribution < -0.4 is 0 Å². The van der Waals surface area contributed by atoms with Gasteiger partial charge in [0.25, 0.3) is 5.91 Å². The van der Waals surface area contributed by atoms with Gasteiger partial charge in [-0.15, -0.1) is 0 Å². The molecule has 6 heteroatoms. The monoisotopic (exact) mass is 310 g/mol. The zero-order chi connectivity index (χ0) is 14.7. The van der Waals surface area contributed by atoms with Gasteiger partial charge in [-0.1, -0.05) is 0 Å². The standard InChI is InChI=1S/C15H19FN2O2S/c16-14-4-3-11(8-17-14)15(19)18(12-5-7-21-10-12)9-13-2-1-6-20-13/h3-4,8,12-13H,1-2,5-7,9-10H2. The molecule has 0 spiro atoms. The first-order chi connectivity index (χ1) is 10.2. The number of thioether (sulfide) groups is 1. The maximum absolute atomic E-state index is 12.9. The maximum atomic E-state index is 12.9. The Morgan fingerprint density at radius 2 is 2.38 bits per heavy atom. The second-order valence-corrected chi connectivity index (χ2v) is 6.63. The SMILES string of the molecule is O=C(c1ccc(F)nc1)N(CC1CCCO1)C1CCSC1. The Labute approximate surface area is 128 Å². The molecule has 2 fully saturated rings. The number of rotatable bonds is 4. The fourth-order valence-electron chi connectivity index (χ4n) is 2.84. The Bertz CT molecular complexity index is 485. The van der Waals surface area contributed by atoms with Crippen molar-refractivity contribution in [3.05, 3.63) is 29.8 Å². The molecule has 2 atom stereocenters. The number of ether oxygens (including phenoxy) is 1. The van der Waals surface area contributed by atoms with Crippen molar-refractivity contribution in [3.63, 3.8) is 0 Å². The molecule has 1 amide bonds. The molecule has 0 radical (unpaired) electrons. The third-order valence-corrected chi connectivity index (χ3v) is 5.15. The van der Waals surface area contributed by atoms with Gasteiger partial charge < -0.3 is 9.64 Å². The zero-order valence-corrected chi connectivity index (χ0v) is 12.7. The minimum atomic E-state index is -0.561. The van der Waals surface area contributed by atoms with Crippen molar-refractivity contribution in [1.29, 1.82) is 0 Å². The molecular weight excluding hydrogens is 291 g/mol. The number of nitrogens with zero attached hydrogens (tertiary/aromatic N) is 2. The summed E-state index contributed by atoms with van der Waals surface area (Å²) in [6.07, 6.45) is 4.53. The fraction of sp³-hybridized carbons (Fsp3) is 0.600. The first-order valence-electron chi connectivity index (χ1n) is 7.36. The lowest BCUT2D eigenvalue weighted by Gasteiger charge is -2.30. The fourth-order valence-corrected chi connectivity index (χ4v) is 4.07. The van der Waals surface area contributed by atoms with Crippen molar-refractivity contribution in [2.24, 2.45) is 0 Å². The zero-order valence-electron chi connectivity index (χ0n) is 11.8. The Morgan fingerprint density at radius 1 is 1.48 bits per heavy atom. The number of pyridine rings is 1. The van der Waals surface area contributed by atoms with E-state index in [9.17, 15) is 9.18 Å². The highest BCUT2D eigenvalue weighted by molar-refractivity contribution is 7.99. The third-order valence-electron chi connectivity index (χ3n) is 4.01. The van der Waals surface area contributed by atoms with Crippen molar-refractivity contribution < 1.29 is 13.9 Å². The summed E-state index contributed by atoms with van der Waals surface area (Å²) in [5, 5.41) is 0. The van der Waals surface area contributed by atoms with E-state index in [1.807, 2.05) is 16.7 Å². The van der Waals surface area contributed by atoms with Gasteiger partial charge in [0.05, 0.1) is 11.7 Å². The molecule has 0 N–H and O–H groups in total. The van der Waals surface area contributed by atoms with E-state index in [4.69, 9.17) is 4.74 Å². The molecule has 1 aromatic rings. The predicted molar refractivity (Wildman–Crippen MR) is 79.9 cm³/mol. The predicted octanol–water partition coefficient (Wildman–Crippen LogP) is 2.35. The second-order valence-electron chi connectivity index (χ2n) is 5.48. The Balaban J connectivity index is 1.76. The largest absolute Gasteiger partial charge is 0.376 e. The van der Waals surface area contributed by atoms with Crippen LogP contribution in [0.3, 0.4) is 0 Å². The van der Waals surface area contributed by atoms with E-state index < -0.39 is 5.95 Å². The third kappa shape index (κ3) is 3.55. The number of halogens is 1. The van der Waals surface area contributed by atoms with Gasteiger partial charge in [0.2, 0.25) is 5.95 Å². The van der Waals surface area contributed by atoms with Crippen LogP contribution >= 0.6 is 11.8 Å². The molecule has 3 rings (SSSR count). The van der Waals surface area contributed by atoms with Crippen molar-refractivity contribution in [1.82, 2.24) is 9.88 Å². The van der Waals surface area contributed by atoms with Crippen molar-refractivity contribution in [2.75, 3.05) is 24.7 Å². The van der Waals surface area contributed by atoms with Crippen molar-refractivity contribution in [3.8, 4) is 0 Å². The number of aromatic nitrogens is 1. The van der Waals surface area contributed by atoms with Crippen LogP contribution in [0.1, 0.15) is 29.6 Å². The molecule has 2 aliphatic rings. The summed E-state index contributed by atoms with van der Waals surface area (Å²) >= 11 is 1.87. The van der Waals surface area contributed by atoms with Gasteiger partial charge in [-0.3, -0.25) is 4.79 Å². The van der Waals surface area contributed by atoms with Crippen molar-refractivity contribution in [2.45, 2.75) is 31.4 Å². The number of amides is 1. The quantitative estimate of drug-likeness (QED) is 0.801. The highest BCUT2D eigenvalue weighted by Gasteiger charge is 2.31. The lowest BCUT2D eigenvalue weighted by molar-refractivity contribution is 0.0441. The lowest BCUT2D eigenvalue weighted by atomic mass is 10.1. The highest BCUT2D eigenvalue weighted by Crippen LogP contribution is 2.25. The molecule has 2 aliphatic heterocycles. The molecular formula is C15H19FN2O2S. The van der Waals surface area contributed by atoms with E-state index in [0.717, 1.165) is 37.4 Å². The van der Waals surface area contributed by atoms with E-state index in [0.29, 0.717) is 12.1 Å². The number of hydrogen-bond donors (Lipinski definition) is 0. The number of carbonyl (C=O) groups is 1. The first-order valence-corrected chi connectivity index (χ1v) is 8.51. The molecule has 2 unspecified atom stereocenters. The van der Waals surface area contributed by atoms with Crippen LogP contribution in [0.25, 0.3) is 0 Å². The summed E-state index contributed by atoms with van der Waals surface area (Å²) in [7, 11) is 0. The molecule has 2 saturated heterocycles. The number of carbonyl (C=O) groups excluding carboxylic acids is 1.